The zero-order valence-electron chi connectivity index (χ0n) is 30.3. The first-order valence-corrected chi connectivity index (χ1v) is 18.9. The van der Waals surface area contributed by atoms with Crippen molar-refractivity contribution in [2.75, 3.05) is 0 Å². The molecule has 11 aromatic rings. The zero-order chi connectivity index (χ0) is 37.0. The summed E-state index contributed by atoms with van der Waals surface area (Å²) in [6, 6.07) is 68.0. The van der Waals surface area contributed by atoms with Gasteiger partial charge in [0, 0.05) is 49.4 Å². The van der Waals surface area contributed by atoms with E-state index in [-0.39, 0.29) is 0 Å². The molecular weight excluding hydrogens is 681 g/mol. The molecule has 0 spiro atoms. The third-order valence-electron chi connectivity index (χ3n) is 10.8. The maximum atomic E-state index is 5.24. The molecule has 0 amide bonds. The minimum absolute atomic E-state index is 0.902. The van der Waals surface area contributed by atoms with Gasteiger partial charge in [-0.05, 0) is 52.7 Å². The third kappa shape index (κ3) is 5.64. The largest absolute Gasteiger partial charge is 0.248 e. The number of rotatable bonds is 5. The molecule has 4 nitrogen and oxygen atoms in total. The van der Waals surface area contributed by atoms with Gasteiger partial charge in [-0.2, -0.15) is 0 Å². The fourth-order valence-electron chi connectivity index (χ4n) is 7.84. The fourth-order valence-corrected chi connectivity index (χ4v) is 7.84. The molecule has 260 valence electrons. The summed E-state index contributed by atoms with van der Waals surface area (Å²) in [6.45, 7) is 0. The number of para-hydroxylation sites is 1. The average Bonchev–Trinajstić information content (AvgIpc) is 3.28. The maximum absolute atomic E-state index is 5.24. The van der Waals surface area contributed by atoms with Gasteiger partial charge in [0.1, 0.15) is 0 Å². The van der Waals surface area contributed by atoms with Gasteiger partial charge in [-0.25, -0.2) is 19.9 Å². The Labute approximate surface area is 323 Å². The minimum Gasteiger partial charge on any atom is -0.248 e. The SMILES string of the molecule is c1ccc(-c2ccc3ccc4ccc(-c5ccc(-c6ccc7ccc(-c8ccc9cccc(-c%10ccc%11ccccc%11c%10)c9n8)cc7n6)cc5)nc4c3n2)cc1. The summed E-state index contributed by atoms with van der Waals surface area (Å²) in [5, 5.41) is 6.80. The second-order valence-electron chi connectivity index (χ2n) is 14.3. The fraction of sp³-hybridized carbons (Fsp3) is 0. The van der Waals surface area contributed by atoms with Crippen LogP contribution in [0.2, 0.25) is 0 Å². The lowest BCUT2D eigenvalue weighted by Crippen LogP contribution is -1.91. The van der Waals surface area contributed by atoms with E-state index in [2.05, 4.69) is 176 Å². The normalized spacial score (nSPS) is 11.6. The van der Waals surface area contributed by atoms with Crippen LogP contribution in [0, 0.1) is 0 Å². The van der Waals surface area contributed by atoms with Crippen LogP contribution in [0.15, 0.2) is 194 Å². The lowest BCUT2D eigenvalue weighted by molar-refractivity contribution is 1.36. The van der Waals surface area contributed by atoms with E-state index >= 15 is 0 Å². The number of pyridine rings is 4. The Hall–Kier alpha value is -7.56. The number of aromatic nitrogens is 4. The van der Waals surface area contributed by atoms with Crippen LogP contribution in [0.3, 0.4) is 0 Å². The van der Waals surface area contributed by atoms with Gasteiger partial charge in [0.15, 0.2) is 0 Å². The first kappa shape index (κ1) is 31.9. The van der Waals surface area contributed by atoms with Crippen LogP contribution in [0.5, 0.6) is 0 Å². The molecule has 7 aromatic carbocycles. The van der Waals surface area contributed by atoms with Crippen LogP contribution in [-0.4, -0.2) is 19.9 Å². The minimum atomic E-state index is 0.902. The summed E-state index contributed by atoms with van der Waals surface area (Å²) >= 11 is 0. The molecule has 0 radical (unpaired) electrons. The van der Waals surface area contributed by atoms with E-state index in [4.69, 9.17) is 19.9 Å². The molecule has 0 aliphatic carbocycles. The van der Waals surface area contributed by atoms with Crippen molar-refractivity contribution in [2.45, 2.75) is 0 Å². The summed E-state index contributed by atoms with van der Waals surface area (Å²) in [5.74, 6) is 0. The van der Waals surface area contributed by atoms with Gasteiger partial charge in [-0.1, -0.05) is 158 Å². The van der Waals surface area contributed by atoms with Gasteiger partial charge < -0.3 is 0 Å². The Morgan fingerprint density at radius 3 is 1.38 bits per heavy atom. The molecule has 0 unspecified atom stereocenters. The Morgan fingerprint density at radius 1 is 0.232 bits per heavy atom. The second-order valence-corrected chi connectivity index (χ2v) is 14.3. The molecular formula is C52H32N4. The molecule has 0 aliphatic heterocycles. The summed E-state index contributed by atoms with van der Waals surface area (Å²) in [5.41, 5.74) is 13.9. The Balaban J connectivity index is 0.918. The van der Waals surface area contributed by atoms with Crippen molar-refractivity contribution in [1.29, 1.82) is 0 Å². The molecule has 0 saturated heterocycles. The molecule has 0 atom stereocenters. The highest BCUT2D eigenvalue weighted by Crippen LogP contribution is 2.34. The molecule has 0 aliphatic rings. The van der Waals surface area contributed by atoms with E-state index in [1.54, 1.807) is 0 Å². The molecule has 4 heteroatoms. The van der Waals surface area contributed by atoms with Crippen LogP contribution in [-0.2, 0) is 0 Å². The van der Waals surface area contributed by atoms with E-state index in [1.807, 2.05) is 18.2 Å². The molecule has 4 heterocycles. The standard InChI is InChI=1S/C52H32N4/c1-2-8-34(9-3-1)46-28-25-39-19-20-40-26-29-47(56-52(40)51(39)55-46)36-16-14-35(15-17-36)45-27-23-37-18-22-43(32-49(37)53-45)48-30-24-38-11-6-12-44(50(38)54-48)42-21-13-33-7-4-5-10-41(33)31-42/h1-32H. The van der Waals surface area contributed by atoms with Crippen molar-refractivity contribution in [3.8, 4) is 56.2 Å². The van der Waals surface area contributed by atoms with E-state index in [9.17, 15) is 0 Å². The lowest BCUT2D eigenvalue weighted by atomic mass is 9.98. The van der Waals surface area contributed by atoms with Crippen molar-refractivity contribution in [3.63, 3.8) is 0 Å². The highest BCUT2D eigenvalue weighted by atomic mass is 14.8. The van der Waals surface area contributed by atoms with Crippen LogP contribution in [0.25, 0.3) is 111 Å². The first-order chi connectivity index (χ1) is 27.7. The van der Waals surface area contributed by atoms with Crippen LogP contribution in [0.4, 0.5) is 0 Å². The maximum Gasteiger partial charge on any atom is 0.0972 e. The number of hydrogen-bond acceptors (Lipinski definition) is 4. The van der Waals surface area contributed by atoms with Gasteiger partial charge in [-0.15, -0.1) is 0 Å². The lowest BCUT2D eigenvalue weighted by Gasteiger charge is -2.11. The van der Waals surface area contributed by atoms with Crippen molar-refractivity contribution < 1.29 is 0 Å². The highest BCUT2D eigenvalue weighted by molar-refractivity contribution is 6.04. The van der Waals surface area contributed by atoms with Crippen LogP contribution in [0.1, 0.15) is 0 Å². The quantitative estimate of drug-likeness (QED) is 0.167. The van der Waals surface area contributed by atoms with E-state index < -0.39 is 0 Å². The highest BCUT2D eigenvalue weighted by Gasteiger charge is 2.12. The smallest absolute Gasteiger partial charge is 0.0972 e. The molecule has 0 saturated carbocycles. The van der Waals surface area contributed by atoms with Crippen molar-refractivity contribution >= 4 is 54.4 Å². The first-order valence-electron chi connectivity index (χ1n) is 18.9. The van der Waals surface area contributed by atoms with Gasteiger partial charge in [0.05, 0.1) is 44.8 Å². The Kier molecular flexibility index (Phi) is 7.46. The zero-order valence-corrected chi connectivity index (χ0v) is 30.3. The molecule has 0 fully saturated rings. The second kappa shape index (κ2) is 13.1. The monoisotopic (exact) mass is 712 g/mol. The van der Waals surface area contributed by atoms with Gasteiger partial charge in [0.25, 0.3) is 0 Å². The molecule has 0 bridgehead atoms. The van der Waals surface area contributed by atoms with Gasteiger partial charge in [-0.3, -0.25) is 0 Å². The summed E-state index contributed by atoms with van der Waals surface area (Å²) in [6.07, 6.45) is 0. The Bertz CT molecular complexity index is 3300. The van der Waals surface area contributed by atoms with E-state index in [0.717, 1.165) is 99.8 Å². The number of nitrogens with zero attached hydrogens (tertiary/aromatic N) is 4. The van der Waals surface area contributed by atoms with E-state index in [1.165, 1.54) is 10.8 Å². The number of benzene rings is 7. The van der Waals surface area contributed by atoms with Crippen LogP contribution >= 0.6 is 0 Å². The number of fused-ring (bicyclic) bond motifs is 6. The van der Waals surface area contributed by atoms with Gasteiger partial charge in [0.2, 0.25) is 0 Å². The molecule has 0 N–H and O–H groups in total. The topological polar surface area (TPSA) is 51.6 Å². The number of hydrogen-bond donors (Lipinski definition) is 0. The van der Waals surface area contributed by atoms with Crippen molar-refractivity contribution in [1.82, 2.24) is 19.9 Å². The summed E-state index contributed by atoms with van der Waals surface area (Å²) in [4.78, 5) is 20.6. The Morgan fingerprint density at radius 2 is 0.679 bits per heavy atom. The van der Waals surface area contributed by atoms with Crippen molar-refractivity contribution in [2.24, 2.45) is 0 Å². The van der Waals surface area contributed by atoms with Gasteiger partial charge >= 0.3 is 0 Å². The summed E-state index contributed by atoms with van der Waals surface area (Å²) in [7, 11) is 0. The summed E-state index contributed by atoms with van der Waals surface area (Å²) < 4.78 is 0. The predicted octanol–water partition coefficient (Wildman–Crippen LogP) is 13.4. The third-order valence-corrected chi connectivity index (χ3v) is 10.8. The molecule has 4 aromatic heterocycles. The van der Waals surface area contributed by atoms with Crippen LogP contribution < -0.4 is 0 Å². The van der Waals surface area contributed by atoms with Crippen molar-refractivity contribution in [3.05, 3.63) is 194 Å². The molecule has 56 heavy (non-hydrogen) atoms. The average molecular weight is 713 g/mol. The van der Waals surface area contributed by atoms with E-state index in [0.29, 0.717) is 0 Å². The predicted molar refractivity (Wildman–Crippen MR) is 232 cm³/mol. The molecule has 11 rings (SSSR count).